The molecule has 0 bridgehead atoms. The quantitative estimate of drug-likeness (QED) is 0.502. The van der Waals surface area contributed by atoms with E-state index >= 15 is 0 Å². The Morgan fingerprint density at radius 3 is 2.64 bits per heavy atom. The molecule has 28 heavy (non-hydrogen) atoms. The van der Waals surface area contributed by atoms with Gasteiger partial charge in [-0.2, -0.15) is 5.10 Å². The van der Waals surface area contributed by atoms with Crippen LogP contribution in [0.4, 0.5) is 5.82 Å². The number of carbonyl (C=O) groups excluding carboxylic acids is 1. The predicted octanol–water partition coefficient (Wildman–Crippen LogP) is 2.87. The van der Waals surface area contributed by atoms with Crippen molar-refractivity contribution in [3.63, 3.8) is 0 Å². The first-order valence-corrected chi connectivity index (χ1v) is 8.98. The van der Waals surface area contributed by atoms with Gasteiger partial charge in [-0.15, -0.1) is 10.2 Å². The zero-order valence-corrected chi connectivity index (χ0v) is 15.6. The number of rotatable bonds is 6. The maximum atomic E-state index is 12.2. The lowest BCUT2D eigenvalue weighted by atomic mass is 10.2. The molecule has 0 aliphatic heterocycles. The van der Waals surface area contributed by atoms with Crippen LogP contribution in [0, 0.1) is 13.8 Å². The first kappa shape index (κ1) is 17.7. The van der Waals surface area contributed by atoms with Gasteiger partial charge in [0.15, 0.2) is 11.6 Å². The lowest BCUT2D eigenvalue weighted by Crippen LogP contribution is -2.28. The number of aromatic nitrogens is 4. The summed E-state index contributed by atoms with van der Waals surface area (Å²) in [4.78, 5) is 12.2. The van der Waals surface area contributed by atoms with Crippen molar-refractivity contribution in [2.45, 2.75) is 13.8 Å². The lowest BCUT2D eigenvalue weighted by molar-refractivity contribution is 0.0929. The van der Waals surface area contributed by atoms with E-state index in [2.05, 4.69) is 25.9 Å². The van der Waals surface area contributed by atoms with E-state index in [0.717, 1.165) is 16.8 Å². The van der Waals surface area contributed by atoms with E-state index in [1.54, 1.807) is 10.7 Å². The summed E-state index contributed by atoms with van der Waals surface area (Å²) in [5.74, 6) is 1.34. The fourth-order valence-corrected chi connectivity index (χ4v) is 2.94. The third-order valence-corrected chi connectivity index (χ3v) is 4.24. The number of hydrogen-bond acceptors (Lipinski definition) is 6. The molecule has 3 heterocycles. The van der Waals surface area contributed by atoms with Gasteiger partial charge >= 0.3 is 0 Å². The molecule has 1 amide bonds. The molecule has 1 aromatic carbocycles. The van der Waals surface area contributed by atoms with E-state index in [9.17, 15) is 4.79 Å². The number of furan rings is 1. The van der Waals surface area contributed by atoms with Gasteiger partial charge in [0.2, 0.25) is 0 Å². The van der Waals surface area contributed by atoms with Crippen molar-refractivity contribution in [3.05, 3.63) is 65.7 Å². The van der Waals surface area contributed by atoms with Crippen LogP contribution in [0.15, 0.2) is 52.9 Å². The molecular weight excluding hydrogens is 356 g/mol. The zero-order chi connectivity index (χ0) is 19.5. The minimum absolute atomic E-state index is 0.246. The molecule has 0 aliphatic rings. The molecule has 0 fully saturated rings. The molecule has 4 aromatic rings. The Morgan fingerprint density at radius 1 is 1.07 bits per heavy atom. The molecule has 0 saturated heterocycles. The van der Waals surface area contributed by atoms with Gasteiger partial charge in [0, 0.05) is 24.2 Å². The van der Waals surface area contributed by atoms with Crippen molar-refractivity contribution in [2.24, 2.45) is 0 Å². The summed E-state index contributed by atoms with van der Waals surface area (Å²) in [6.45, 7) is 4.85. The normalized spacial score (nSPS) is 10.9. The van der Waals surface area contributed by atoms with Crippen LogP contribution in [0.5, 0.6) is 0 Å². The van der Waals surface area contributed by atoms with Gasteiger partial charge in [-0.1, -0.05) is 18.2 Å². The average molecular weight is 376 g/mol. The molecule has 142 valence electrons. The first-order chi connectivity index (χ1) is 13.6. The topological polar surface area (TPSA) is 97.9 Å². The molecule has 3 aromatic heterocycles. The smallest absolute Gasteiger partial charge is 0.287 e. The summed E-state index contributed by atoms with van der Waals surface area (Å²) in [7, 11) is 0. The Hall–Kier alpha value is -3.68. The standard InChI is InChI=1S/C20H20N6O2/c1-13-11-14(2)26(25-13)19-8-7-18(23-24-19)21-9-10-22-20(27)17-12-15-5-3-4-6-16(15)28-17/h3-8,11-12H,9-10H2,1-2H3,(H,21,23)(H,22,27). The highest BCUT2D eigenvalue weighted by Crippen LogP contribution is 2.18. The van der Waals surface area contributed by atoms with Crippen LogP contribution in [0.2, 0.25) is 0 Å². The fourth-order valence-electron chi connectivity index (χ4n) is 2.94. The number of fused-ring (bicyclic) bond motifs is 1. The number of nitrogens with one attached hydrogen (secondary N) is 2. The molecule has 0 spiro atoms. The molecular formula is C20H20N6O2. The largest absolute Gasteiger partial charge is 0.451 e. The predicted molar refractivity (Wildman–Crippen MR) is 106 cm³/mol. The van der Waals surface area contributed by atoms with Gasteiger partial charge in [-0.05, 0) is 44.2 Å². The third kappa shape index (κ3) is 3.71. The monoisotopic (exact) mass is 376 g/mol. The van der Waals surface area contributed by atoms with E-state index in [1.807, 2.05) is 56.3 Å². The molecule has 0 radical (unpaired) electrons. The van der Waals surface area contributed by atoms with E-state index in [4.69, 9.17) is 4.42 Å². The van der Waals surface area contributed by atoms with Crippen molar-refractivity contribution in [3.8, 4) is 5.82 Å². The molecule has 4 rings (SSSR count). The second kappa shape index (κ2) is 7.51. The van der Waals surface area contributed by atoms with Crippen LogP contribution in [0.25, 0.3) is 16.8 Å². The second-order valence-corrected chi connectivity index (χ2v) is 6.45. The van der Waals surface area contributed by atoms with Gasteiger partial charge in [0.1, 0.15) is 11.4 Å². The summed E-state index contributed by atoms with van der Waals surface area (Å²) in [6, 6.07) is 14.9. The van der Waals surface area contributed by atoms with Crippen LogP contribution in [0.3, 0.4) is 0 Å². The highest BCUT2D eigenvalue weighted by Gasteiger charge is 2.11. The Kier molecular flexibility index (Phi) is 4.76. The van der Waals surface area contributed by atoms with Gasteiger partial charge in [-0.3, -0.25) is 4.79 Å². The van der Waals surface area contributed by atoms with Crippen molar-refractivity contribution >= 4 is 22.7 Å². The van der Waals surface area contributed by atoms with Crippen molar-refractivity contribution in [1.29, 1.82) is 0 Å². The number of para-hydroxylation sites is 1. The lowest BCUT2D eigenvalue weighted by Gasteiger charge is -2.07. The minimum Gasteiger partial charge on any atom is -0.451 e. The number of benzene rings is 1. The van der Waals surface area contributed by atoms with E-state index in [-0.39, 0.29) is 5.91 Å². The fraction of sp³-hybridized carbons (Fsp3) is 0.200. The van der Waals surface area contributed by atoms with Crippen LogP contribution >= 0.6 is 0 Å². The maximum Gasteiger partial charge on any atom is 0.287 e. The Balaban J connectivity index is 1.29. The summed E-state index contributed by atoms with van der Waals surface area (Å²) in [6.07, 6.45) is 0. The Morgan fingerprint density at radius 2 is 1.93 bits per heavy atom. The van der Waals surface area contributed by atoms with Crippen molar-refractivity contribution < 1.29 is 9.21 Å². The zero-order valence-electron chi connectivity index (χ0n) is 15.6. The number of anilines is 1. The summed E-state index contributed by atoms with van der Waals surface area (Å²) >= 11 is 0. The molecule has 0 saturated carbocycles. The summed E-state index contributed by atoms with van der Waals surface area (Å²) < 4.78 is 7.30. The number of amides is 1. The van der Waals surface area contributed by atoms with Crippen molar-refractivity contribution in [1.82, 2.24) is 25.3 Å². The molecule has 8 heteroatoms. The Labute approximate surface area is 161 Å². The van der Waals surface area contributed by atoms with Crippen LogP contribution < -0.4 is 10.6 Å². The number of carbonyl (C=O) groups is 1. The van der Waals surface area contributed by atoms with Gasteiger partial charge in [-0.25, -0.2) is 4.68 Å². The highest BCUT2D eigenvalue weighted by atomic mass is 16.3. The van der Waals surface area contributed by atoms with Gasteiger partial charge < -0.3 is 15.1 Å². The number of hydrogen-bond donors (Lipinski definition) is 2. The highest BCUT2D eigenvalue weighted by molar-refractivity contribution is 5.96. The molecule has 2 N–H and O–H groups in total. The van der Waals surface area contributed by atoms with Gasteiger partial charge in [0.05, 0.1) is 5.69 Å². The second-order valence-electron chi connectivity index (χ2n) is 6.45. The van der Waals surface area contributed by atoms with Gasteiger partial charge in [0.25, 0.3) is 5.91 Å². The Bertz CT molecular complexity index is 1080. The van der Waals surface area contributed by atoms with Crippen LogP contribution in [-0.4, -0.2) is 39.0 Å². The average Bonchev–Trinajstić information content (AvgIpc) is 3.28. The molecule has 0 aliphatic carbocycles. The molecule has 8 nitrogen and oxygen atoms in total. The summed E-state index contributed by atoms with van der Waals surface area (Å²) in [5.41, 5.74) is 2.63. The SMILES string of the molecule is Cc1cc(C)n(-c2ccc(NCCNC(=O)c3cc4ccccc4o3)nn2)n1. The van der Waals surface area contributed by atoms with Crippen molar-refractivity contribution in [2.75, 3.05) is 18.4 Å². The van der Waals surface area contributed by atoms with E-state index in [1.165, 1.54) is 0 Å². The maximum absolute atomic E-state index is 12.2. The number of aryl methyl sites for hydroxylation is 2. The first-order valence-electron chi connectivity index (χ1n) is 8.98. The van der Waals surface area contributed by atoms with Crippen LogP contribution in [0.1, 0.15) is 21.9 Å². The van der Waals surface area contributed by atoms with Crippen LogP contribution in [-0.2, 0) is 0 Å². The van der Waals surface area contributed by atoms with E-state index in [0.29, 0.717) is 36.1 Å². The molecule has 0 atom stereocenters. The third-order valence-electron chi connectivity index (χ3n) is 4.24. The minimum atomic E-state index is -0.246. The molecule has 0 unspecified atom stereocenters. The summed E-state index contributed by atoms with van der Waals surface area (Å²) in [5, 5.41) is 19.6. The number of nitrogens with zero attached hydrogens (tertiary/aromatic N) is 4. The van der Waals surface area contributed by atoms with E-state index < -0.39 is 0 Å².